The van der Waals surface area contributed by atoms with Gasteiger partial charge in [0.15, 0.2) is 0 Å². The normalized spacial score (nSPS) is 21.3. The second-order valence-electron chi connectivity index (χ2n) is 6.19. The van der Waals surface area contributed by atoms with Crippen LogP contribution in [0.3, 0.4) is 0 Å². The Labute approximate surface area is 133 Å². The van der Waals surface area contributed by atoms with Crippen molar-refractivity contribution >= 4 is 10.0 Å². The Bertz CT molecular complexity index is 622. The zero-order valence-corrected chi connectivity index (χ0v) is 15.0. The van der Waals surface area contributed by atoms with E-state index < -0.39 is 10.0 Å². The van der Waals surface area contributed by atoms with E-state index in [9.17, 15) is 8.42 Å². The molecule has 0 aliphatic carbocycles. The Morgan fingerprint density at radius 3 is 2.59 bits per heavy atom. The van der Waals surface area contributed by atoms with E-state index in [0.717, 1.165) is 6.42 Å². The molecule has 2 heterocycles. The molecule has 0 spiro atoms. The largest absolute Gasteiger partial charge is 0.377 e. The molecule has 0 amide bonds. The van der Waals surface area contributed by atoms with E-state index in [4.69, 9.17) is 4.74 Å². The number of aromatic nitrogens is 2. The molecule has 1 aliphatic rings. The van der Waals surface area contributed by atoms with Crippen LogP contribution in [-0.2, 0) is 21.3 Å². The van der Waals surface area contributed by atoms with Gasteiger partial charge in [-0.15, -0.1) is 0 Å². The van der Waals surface area contributed by atoms with Crippen molar-refractivity contribution in [2.45, 2.75) is 58.6 Å². The van der Waals surface area contributed by atoms with Crippen LogP contribution in [0.1, 0.15) is 38.6 Å². The van der Waals surface area contributed by atoms with Crippen molar-refractivity contribution in [3.05, 3.63) is 11.4 Å². The lowest BCUT2D eigenvalue weighted by Crippen LogP contribution is -2.39. The molecule has 6 nitrogen and oxygen atoms in total. The van der Waals surface area contributed by atoms with Gasteiger partial charge in [0.25, 0.3) is 0 Å². The molecule has 1 aromatic rings. The molecule has 0 saturated carbocycles. The lowest BCUT2D eigenvalue weighted by molar-refractivity contribution is 0.0301. The minimum absolute atomic E-state index is 0.0564. The molecule has 7 heteroatoms. The van der Waals surface area contributed by atoms with Crippen molar-refractivity contribution in [3.8, 4) is 0 Å². The van der Waals surface area contributed by atoms with Crippen LogP contribution in [0.5, 0.6) is 0 Å². The van der Waals surface area contributed by atoms with E-state index >= 15 is 0 Å². The summed E-state index contributed by atoms with van der Waals surface area (Å²) in [7, 11) is -3.53. The topological polar surface area (TPSA) is 64.4 Å². The third-order valence-corrected chi connectivity index (χ3v) is 6.34. The fourth-order valence-corrected chi connectivity index (χ4v) is 4.80. The highest BCUT2D eigenvalue weighted by Gasteiger charge is 2.34. The summed E-state index contributed by atoms with van der Waals surface area (Å²) in [5.41, 5.74) is 1.29. The SMILES string of the molecule is CCn1nc(C)c(S(=O)(=O)N2CCCOC(C(C)C)C2)c1C. The van der Waals surface area contributed by atoms with Gasteiger partial charge in [0.05, 0.1) is 17.5 Å². The van der Waals surface area contributed by atoms with Crippen molar-refractivity contribution in [1.82, 2.24) is 14.1 Å². The quantitative estimate of drug-likeness (QED) is 0.847. The molecule has 0 N–H and O–H groups in total. The number of sulfonamides is 1. The molecule has 2 rings (SSSR count). The highest BCUT2D eigenvalue weighted by atomic mass is 32.2. The lowest BCUT2D eigenvalue weighted by atomic mass is 10.1. The number of nitrogens with zero attached hydrogens (tertiary/aromatic N) is 3. The summed E-state index contributed by atoms with van der Waals surface area (Å²) < 4.78 is 35.3. The van der Waals surface area contributed by atoms with Gasteiger partial charge in [-0.2, -0.15) is 9.40 Å². The van der Waals surface area contributed by atoms with Crippen LogP contribution in [0.25, 0.3) is 0 Å². The lowest BCUT2D eigenvalue weighted by Gasteiger charge is -2.25. The van der Waals surface area contributed by atoms with Crippen LogP contribution >= 0.6 is 0 Å². The van der Waals surface area contributed by atoms with Gasteiger partial charge < -0.3 is 4.74 Å². The highest BCUT2D eigenvalue weighted by molar-refractivity contribution is 7.89. The molecule has 22 heavy (non-hydrogen) atoms. The average Bonchev–Trinajstić information content (AvgIpc) is 2.65. The van der Waals surface area contributed by atoms with Gasteiger partial charge in [-0.05, 0) is 33.1 Å². The second-order valence-corrected chi connectivity index (χ2v) is 8.06. The number of hydrogen-bond donors (Lipinski definition) is 0. The molecule has 1 aromatic heterocycles. The maximum absolute atomic E-state index is 13.1. The number of aryl methyl sites for hydroxylation is 2. The minimum atomic E-state index is -3.53. The zero-order valence-electron chi connectivity index (χ0n) is 14.2. The van der Waals surface area contributed by atoms with E-state index in [2.05, 4.69) is 18.9 Å². The predicted octanol–water partition coefficient (Wildman–Crippen LogP) is 1.96. The molecule has 1 aliphatic heterocycles. The third kappa shape index (κ3) is 3.21. The first-order valence-corrected chi connectivity index (χ1v) is 9.38. The summed E-state index contributed by atoms with van der Waals surface area (Å²) in [6.07, 6.45) is 0.668. The van der Waals surface area contributed by atoms with Gasteiger partial charge in [0.2, 0.25) is 10.0 Å². The van der Waals surface area contributed by atoms with Crippen LogP contribution in [-0.4, -0.2) is 48.3 Å². The van der Waals surface area contributed by atoms with Crippen LogP contribution in [0.4, 0.5) is 0 Å². The molecule has 0 aromatic carbocycles. The van der Waals surface area contributed by atoms with Crippen LogP contribution < -0.4 is 0 Å². The van der Waals surface area contributed by atoms with Gasteiger partial charge in [-0.25, -0.2) is 8.42 Å². The van der Waals surface area contributed by atoms with Crippen molar-refractivity contribution < 1.29 is 13.2 Å². The van der Waals surface area contributed by atoms with E-state index in [1.165, 1.54) is 0 Å². The first kappa shape index (κ1) is 17.4. The van der Waals surface area contributed by atoms with Gasteiger partial charge in [0.1, 0.15) is 4.90 Å². The summed E-state index contributed by atoms with van der Waals surface area (Å²) in [4.78, 5) is 0.360. The van der Waals surface area contributed by atoms with Gasteiger partial charge in [0, 0.05) is 26.2 Å². The fourth-order valence-electron chi connectivity index (χ4n) is 2.93. The standard InChI is InChI=1S/C15H27N3O3S/c1-6-18-13(5)15(12(4)16-18)22(19,20)17-8-7-9-21-14(10-17)11(2)3/h11,14H,6-10H2,1-5H3. The monoisotopic (exact) mass is 329 g/mol. The molecule has 0 bridgehead atoms. The highest BCUT2D eigenvalue weighted by Crippen LogP contribution is 2.26. The van der Waals surface area contributed by atoms with Crippen molar-refractivity contribution in [2.75, 3.05) is 19.7 Å². The molecular weight excluding hydrogens is 302 g/mol. The van der Waals surface area contributed by atoms with E-state index in [-0.39, 0.29) is 12.0 Å². The predicted molar refractivity (Wildman–Crippen MR) is 85.3 cm³/mol. The summed E-state index contributed by atoms with van der Waals surface area (Å²) in [5, 5.41) is 4.35. The van der Waals surface area contributed by atoms with Gasteiger partial charge >= 0.3 is 0 Å². The van der Waals surface area contributed by atoms with E-state index in [0.29, 0.717) is 42.5 Å². The molecule has 1 unspecified atom stereocenters. The van der Waals surface area contributed by atoms with E-state index in [1.54, 1.807) is 15.9 Å². The van der Waals surface area contributed by atoms with E-state index in [1.807, 2.05) is 13.8 Å². The van der Waals surface area contributed by atoms with Crippen LogP contribution in [0.2, 0.25) is 0 Å². The van der Waals surface area contributed by atoms with Gasteiger partial charge in [-0.3, -0.25) is 4.68 Å². The first-order valence-electron chi connectivity index (χ1n) is 7.94. The average molecular weight is 329 g/mol. The van der Waals surface area contributed by atoms with Gasteiger partial charge in [-0.1, -0.05) is 13.8 Å². The van der Waals surface area contributed by atoms with Crippen molar-refractivity contribution in [1.29, 1.82) is 0 Å². The Balaban J connectivity index is 2.39. The first-order chi connectivity index (χ1) is 10.3. The maximum Gasteiger partial charge on any atom is 0.246 e. The number of rotatable bonds is 4. The zero-order chi connectivity index (χ0) is 16.5. The van der Waals surface area contributed by atoms with Crippen molar-refractivity contribution in [2.24, 2.45) is 5.92 Å². The Kier molecular flexibility index (Phi) is 5.29. The minimum Gasteiger partial charge on any atom is -0.377 e. The summed E-state index contributed by atoms with van der Waals surface area (Å²) in [5.74, 6) is 0.288. The molecular formula is C15H27N3O3S. The van der Waals surface area contributed by atoms with Crippen molar-refractivity contribution in [3.63, 3.8) is 0 Å². The summed E-state index contributed by atoms with van der Waals surface area (Å²) in [6, 6.07) is 0. The van der Waals surface area contributed by atoms with Crippen LogP contribution in [0.15, 0.2) is 4.90 Å². The molecule has 0 radical (unpaired) electrons. The Morgan fingerprint density at radius 1 is 1.36 bits per heavy atom. The van der Waals surface area contributed by atoms with Crippen LogP contribution in [0, 0.1) is 19.8 Å². The number of hydrogen-bond acceptors (Lipinski definition) is 4. The molecule has 1 saturated heterocycles. The fraction of sp³-hybridized carbons (Fsp3) is 0.800. The summed E-state index contributed by atoms with van der Waals surface area (Å²) in [6.45, 7) is 11.9. The molecule has 1 atom stereocenters. The number of ether oxygens (including phenoxy) is 1. The second kappa shape index (κ2) is 6.68. The Morgan fingerprint density at radius 2 is 2.05 bits per heavy atom. The third-order valence-electron chi connectivity index (χ3n) is 4.22. The molecule has 1 fully saturated rings. The summed E-state index contributed by atoms with van der Waals surface area (Å²) >= 11 is 0. The maximum atomic E-state index is 13.1. The smallest absolute Gasteiger partial charge is 0.246 e. The Hall–Kier alpha value is -0.920. The molecule has 126 valence electrons.